The molecule has 0 bridgehead atoms. The number of benzene rings is 1. The quantitative estimate of drug-likeness (QED) is 0.586. The molecule has 92 valence electrons. The second-order valence-electron chi connectivity index (χ2n) is 5.33. The van der Waals surface area contributed by atoms with Crippen LogP contribution in [0, 0.1) is 0 Å². The predicted molar refractivity (Wildman–Crippen MR) is 70.1 cm³/mol. The molecule has 0 unspecified atom stereocenters. The first-order valence-corrected chi connectivity index (χ1v) is 5.74. The summed E-state index contributed by atoms with van der Waals surface area (Å²) in [7, 11) is 0. The number of allylic oxidation sites excluding steroid dienone is 1. The Kier molecular flexibility index (Phi) is 4.11. The van der Waals surface area contributed by atoms with E-state index in [2.05, 4.69) is 6.58 Å². The van der Waals surface area contributed by atoms with Crippen molar-refractivity contribution in [3.63, 3.8) is 0 Å². The molecule has 2 heteroatoms. The van der Waals surface area contributed by atoms with Gasteiger partial charge < -0.3 is 4.74 Å². The fraction of sp³-hybridized carbons (Fsp3) is 0.400. The molecule has 0 saturated heterocycles. The van der Waals surface area contributed by atoms with E-state index >= 15 is 0 Å². The van der Waals surface area contributed by atoms with Crippen molar-refractivity contribution in [2.45, 2.75) is 39.7 Å². The van der Waals surface area contributed by atoms with Crippen LogP contribution in [-0.2, 0) is 11.2 Å². The van der Waals surface area contributed by atoms with Crippen LogP contribution in [0.5, 0.6) is 0 Å². The molecule has 0 fully saturated rings. The summed E-state index contributed by atoms with van der Waals surface area (Å²) in [6.45, 7) is 11.4. The molecule has 0 atom stereocenters. The standard InChI is InChI=1S/C15H20O2/c1-11(2)10-12-6-8-13(9-7-12)14(16)17-15(3,4)5/h6-9H,1,10H2,2-5H3. The van der Waals surface area contributed by atoms with Crippen LogP contribution in [0.4, 0.5) is 0 Å². The molecule has 0 aliphatic rings. The number of ether oxygens (including phenoxy) is 1. The molecule has 1 aromatic carbocycles. The van der Waals surface area contributed by atoms with Crippen LogP contribution in [0.3, 0.4) is 0 Å². The van der Waals surface area contributed by atoms with Gasteiger partial charge in [0.25, 0.3) is 0 Å². The van der Waals surface area contributed by atoms with E-state index in [-0.39, 0.29) is 5.97 Å². The van der Waals surface area contributed by atoms with Gasteiger partial charge in [-0.1, -0.05) is 24.3 Å². The first-order valence-electron chi connectivity index (χ1n) is 5.74. The van der Waals surface area contributed by atoms with Crippen LogP contribution in [0.1, 0.15) is 43.6 Å². The SMILES string of the molecule is C=C(C)Cc1ccc(C(=O)OC(C)(C)C)cc1. The maximum absolute atomic E-state index is 11.8. The Morgan fingerprint density at radius 3 is 2.18 bits per heavy atom. The van der Waals surface area contributed by atoms with Gasteiger partial charge in [0, 0.05) is 0 Å². The average molecular weight is 232 g/mol. The summed E-state index contributed by atoms with van der Waals surface area (Å²) in [5, 5.41) is 0. The summed E-state index contributed by atoms with van der Waals surface area (Å²) in [6.07, 6.45) is 0.842. The molecule has 2 nitrogen and oxygen atoms in total. The van der Waals surface area contributed by atoms with Crippen LogP contribution in [0.15, 0.2) is 36.4 Å². The number of rotatable bonds is 3. The third-order valence-corrected chi connectivity index (χ3v) is 2.09. The Bertz CT molecular complexity index is 408. The van der Waals surface area contributed by atoms with Crippen molar-refractivity contribution >= 4 is 5.97 Å². The molecule has 17 heavy (non-hydrogen) atoms. The minimum atomic E-state index is -0.451. The van der Waals surface area contributed by atoms with E-state index in [9.17, 15) is 4.79 Å². The molecule has 0 N–H and O–H groups in total. The second-order valence-corrected chi connectivity index (χ2v) is 5.33. The molecule has 0 amide bonds. The highest BCUT2D eigenvalue weighted by Crippen LogP contribution is 2.14. The Labute approximate surface area is 103 Å². The summed E-state index contributed by atoms with van der Waals surface area (Å²) < 4.78 is 5.29. The Morgan fingerprint density at radius 2 is 1.76 bits per heavy atom. The molecule has 0 aliphatic carbocycles. The van der Waals surface area contributed by atoms with Gasteiger partial charge in [-0.25, -0.2) is 4.79 Å². The molecular formula is C15H20O2. The Hall–Kier alpha value is -1.57. The van der Waals surface area contributed by atoms with Crippen molar-refractivity contribution in [2.24, 2.45) is 0 Å². The van der Waals surface area contributed by atoms with Crippen molar-refractivity contribution < 1.29 is 9.53 Å². The van der Waals surface area contributed by atoms with Crippen LogP contribution < -0.4 is 0 Å². The van der Waals surface area contributed by atoms with E-state index in [4.69, 9.17) is 4.74 Å². The molecule has 1 rings (SSSR count). The number of carbonyl (C=O) groups is 1. The van der Waals surface area contributed by atoms with Crippen LogP contribution in [0.25, 0.3) is 0 Å². The molecule has 0 aliphatic heterocycles. The highest BCUT2D eigenvalue weighted by atomic mass is 16.6. The van der Waals surface area contributed by atoms with Crippen molar-refractivity contribution in [2.75, 3.05) is 0 Å². The zero-order valence-electron chi connectivity index (χ0n) is 11.0. The number of carbonyl (C=O) groups excluding carboxylic acids is 1. The number of hydrogen-bond acceptors (Lipinski definition) is 2. The summed E-state index contributed by atoms with van der Waals surface area (Å²) in [5.41, 5.74) is 2.40. The fourth-order valence-corrected chi connectivity index (χ4v) is 1.44. The van der Waals surface area contributed by atoms with Crippen molar-refractivity contribution in [3.8, 4) is 0 Å². The van der Waals surface area contributed by atoms with E-state index < -0.39 is 5.60 Å². The highest BCUT2D eigenvalue weighted by molar-refractivity contribution is 5.89. The summed E-state index contributed by atoms with van der Waals surface area (Å²) in [6, 6.07) is 7.47. The third kappa shape index (κ3) is 4.85. The van der Waals surface area contributed by atoms with Gasteiger partial charge >= 0.3 is 5.97 Å². The van der Waals surface area contributed by atoms with Gasteiger partial charge in [-0.15, -0.1) is 0 Å². The van der Waals surface area contributed by atoms with Gasteiger partial charge in [0.15, 0.2) is 0 Å². The summed E-state index contributed by atoms with van der Waals surface area (Å²) >= 11 is 0. The van der Waals surface area contributed by atoms with E-state index in [1.807, 2.05) is 39.8 Å². The lowest BCUT2D eigenvalue weighted by atomic mass is 10.1. The number of hydrogen-bond donors (Lipinski definition) is 0. The lowest BCUT2D eigenvalue weighted by Gasteiger charge is -2.19. The van der Waals surface area contributed by atoms with Crippen molar-refractivity contribution in [1.29, 1.82) is 0 Å². The smallest absolute Gasteiger partial charge is 0.338 e. The lowest BCUT2D eigenvalue weighted by Crippen LogP contribution is -2.23. The van der Waals surface area contributed by atoms with E-state index in [1.165, 1.54) is 0 Å². The van der Waals surface area contributed by atoms with E-state index in [0.29, 0.717) is 5.56 Å². The van der Waals surface area contributed by atoms with E-state index in [1.54, 1.807) is 12.1 Å². The van der Waals surface area contributed by atoms with Crippen LogP contribution in [0.2, 0.25) is 0 Å². The van der Waals surface area contributed by atoms with Gasteiger partial charge in [-0.05, 0) is 51.8 Å². The lowest BCUT2D eigenvalue weighted by molar-refractivity contribution is 0.00695. The zero-order valence-corrected chi connectivity index (χ0v) is 11.0. The molecule has 0 spiro atoms. The first-order chi connectivity index (χ1) is 7.78. The fourth-order valence-electron chi connectivity index (χ4n) is 1.44. The molecule has 0 heterocycles. The largest absolute Gasteiger partial charge is 0.456 e. The maximum atomic E-state index is 11.8. The topological polar surface area (TPSA) is 26.3 Å². The van der Waals surface area contributed by atoms with Crippen LogP contribution in [-0.4, -0.2) is 11.6 Å². The minimum absolute atomic E-state index is 0.278. The van der Waals surface area contributed by atoms with Gasteiger partial charge in [0.1, 0.15) is 5.60 Å². The molecule has 0 radical (unpaired) electrons. The van der Waals surface area contributed by atoms with Gasteiger partial charge in [-0.3, -0.25) is 0 Å². The monoisotopic (exact) mass is 232 g/mol. The zero-order chi connectivity index (χ0) is 13.1. The average Bonchev–Trinajstić information content (AvgIpc) is 2.15. The maximum Gasteiger partial charge on any atom is 0.338 e. The predicted octanol–water partition coefficient (Wildman–Crippen LogP) is 3.76. The Morgan fingerprint density at radius 1 is 1.24 bits per heavy atom. The molecule has 0 saturated carbocycles. The van der Waals surface area contributed by atoms with Gasteiger partial charge in [0.05, 0.1) is 5.56 Å². The van der Waals surface area contributed by atoms with Gasteiger partial charge in [-0.2, -0.15) is 0 Å². The number of esters is 1. The van der Waals surface area contributed by atoms with Gasteiger partial charge in [0.2, 0.25) is 0 Å². The minimum Gasteiger partial charge on any atom is -0.456 e. The second kappa shape index (κ2) is 5.17. The Balaban J connectivity index is 2.74. The third-order valence-electron chi connectivity index (χ3n) is 2.09. The van der Waals surface area contributed by atoms with E-state index in [0.717, 1.165) is 17.6 Å². The molecule has 1 aromatic rings. The highest BCUT2D eigenvalue weighted by Gasteiger charge is 2.17. The first kappa shape index (κ1) is 13.5. The normalized spacial score (nSPS) is 11.1. The van der Waals surface area contributed by atoms with Crippen molar-refractivity contribution in [3.05, 3.63) is 47.5 Å². The summed E-state index contributed by atoms with van der Waals surface area (Å²) in [5.74, 6) is -0.278. The molecule has 0 aromatic heterocycles. The van der Waals surface area contributed by atoms with Crippen molar-refractivity contribution in [1.82, 2.24) is 0 Å². The molecular weight excluding hydrogens is 212 g/mol. The summed E-state index contributed by atoms with van der Waals surface area (Å²) in [4.78, 5) is 11.8. The van der Waals surface area contributed by atoms with Crippen LogP contribution >= 0.6 is 0 Å².